The van der Waals surface area contributed by atoms with Crippen LogP contribution in [0.15, 0.2) is 219 Å². The van der Waals surface area contributed by atoms with Gasteiger partial charge in [-0.15, -0.1) is 11.8 Å². The van der Waals surface area contributed by atoms with Gasteiger partial charge in [-0.2, -0.15) is 0 Å². The predicted molar refractivity (Wildman–Crippen MR) is 242 cm³/mol. The fourth-order valence-corrected chi connectivity index (χ4v) is 11.0. The van der Waals surface area contributed by atoms with Gasteiger partial charge in [-0.1, -0.05) is 158 Å². The second-order valence-electron chi connectivity index (χ2n) is 15.3. The monoisotopic (exact) mass is 763 g/mol. The summed E-state index contributed by atoms with van der Waals surface area (Å²) < 4.78 is 13.9. The molecule has 2 aromatic heterocycles. The van der Waals surface area contributed by atoms with E-state index in [1.807, 2.05) is 11.8 Å². The Morgan fingerprint density at radius 2 is 1.22 bits per heavy atom. The number of rotatable bonds is 6. The Labute approximate surface area is 340 Å². The van der Waals surface area contributed by atoms with Gasteiger partial charge in [-0.25, -0.2) is 0 Å². The number of hydrogen-bond donors (Lipinski definition) is 0. The Kier molecular flexibility index (Phi) is 7.74. The van der Waals surface area contributed by atoms with E-state index in [1.165, 1.54) is 38.4 Å². The Morgan fingerprint density at radius 1 is 0.534 bits per heavy atom. The Hall–Kier alpha value is -6.75. The van der Waals surface area contributed by atoms with E-state index < -0.39 is 0 Å². The summed E-state index contributed by atoms with van der Waals surface area (Å²) in [6.45, 7) is 0. The third-order valence-electron chi connectivity index (χ3n) is 12.1. The highest BCUT2D eigenvalue weighted by Gasteiger charge is 2.43. The van der Waals surface area contributed by atoms with Crippen LogP contribution in [0, 0.1) is 0 Å². The van der Waals surface area contributed by atoms with E-state index in [-0.39, 0.29) is 11.2 Å². The lowest BCUT2D eigenvalue weighted by molar-refractivity contribution is 0.666. The Balaban J connectivity index is 1.21. The summed E-state index contributed by atoms with van der Waals surface area (Å²) in [5.74, 6) is 0.0431. The number of benzene rings is 7. The molecule has 0 radical (unpaired) electrons. The van der Waals surface area contributed by atoms with Crippen molar-refractivity contribution in [1.82, 2.24) is 0 Å². The molecule has 7 aromatic carbocycles. The Morgan fingerprint density at radius 3 is 2.02 bits per heavy atom. The molecule has 0 fully saturated rings. The first-order chi connectivity index (χ1) is 28.8. The highest BCUT2D eigenvalue weighted by molar-refractivity contribution is 8.00. The SMILES string of the molecule is C1=CC(C2=C(N(c3cccc4c3oc3ccccc34)c3ccc(-c4ccccc4)c4oc5ccccc5c34)C3c4cccc(-c5ccccc5)c4SC3C=C2)=CCC1. The summed E-state index contributed by atoms with van der Waals surface area (Å²) in [5.41, 5.74) is 15.4. The maximum Gasteiger partial charge on any atom is 0.159 e. The first kappa shape index (κ1) is 33.4. The average Bonchev–Trinajstić information content (AvgIpc) is 4.00. The molecule has 0 N–H and O–H groups in total. The van der Waals surface area contributed by atoms with Crippen molar-refractivity contribution in [2.24, 2.45) is 0 Å². The topological polar surface area (TPSA) is 29.5 Å². The van der Waals surface area contributed by atoms with Gasteiger partial charge in [-0.3, -0.25) is 0 Å². The summed E-state index contributed by atoms with van der Waals surface area (Å²) in [4.78, 5) is 3.90. The molecule has 3 nitrogen and oxygen atoms in total. The van der Waals surface area contributed by atoms with Gasteiger partial charge in [0.25, 0.3) is 0 Å². The second-order valence-corrected chi connectivity index (χ2v) is 16.5. The normalized spacial score (nSPS) is 17.3. The van der Waals surface area contributed by atoms with E-state index in [9.17, 15) is 0 Å². The van der Waals surface area contributed by atoms with Crippen molar-refractivity contribution >= 4 is 67.0 Å². The molecular weight excluding hydrogens is 727 g/mol. The number of thioether (sulfide) groups is 1. The van der Waals surface area contributed by atoms with Crippen molar-refractivity contribution < 1.29 is 8.83 Å². The maximum atomic E-state index is 6.95. The minimum atomic E-state index is 0.0431. The fraction of sp³-hybridized carbons (Fsp3) is 0.0741. The lowest BCUT2D eigenvalue weighted by Gasteiger charge is -2.37. The highest BCUT2D eigenvalue weighted by Crippen LogP contribution is 2.59. The minimum absolute atomic E-state index is 0.0431. The lowest BCUT2D eigenvalue weighted by atomic mass is 9.81. The van der Waals surface area contributed by atoms with Gasteiger partial charge < -0.3 is 13.7 Å². The minimum Gasteiger partial charge on any atom is -0.455 e. The summed E-state index contributed by atoms with van der Waals surface area (Å²) in [7, 11) is 0. The highest BCUT2D eigenvalue weighted by atomic mass is 32.2. The van der Waals surface area contributed by atoms with Crippen LogP contribution >= 0.6 is 11.8 Å². The molecule has 2 atom stereocenters. The molecule has 4 heteroatoms. The summed E-state index contributed by atoms with van der Waals surface area (Å²) in [5, 5.41) is 4.56. The fourth-order valence-electron chi connectivity index (χ4n) is 9.51. The van der Waals surface area contributed by atoms with Crippen LogP contribution < -0.4 is 4.90 Å². The first-order valence-electron chi connectivity index (χ1n) is 20.1. The molecule has 12 rings (SSSR count). The number of allylic oxidation sites excluding steroid dienone is 7. The van der Waals surface area contributed by atoms with Crippen LogP contribution in [-0.2, 0) is 0 Å². The molecule has 3 heterocycles. The molecular formula is C54H37NO2S. The number of fused-ring (bicyclic) bond motifs is 9. The van der Waals surface area contributed by atoms with E-state index >= 15 is 0 Å². The molecule has 0 saturated carbocycles. The van der Waals surface area contributed by atoms with Crippen molar-refractivity contribution in [2.75, 3.05) is 4.90 Å². The van der Waals surface area contributed by atoms with Gasteiger partial charge in [0.1, 0.15) is 16.7 Å². The molecule has 58 heavy (non-hydrogen) atoms. The van der Waals surface area contributed by atoms with Crippen LogP contribution in [-0.4, -0.2) is 5.25 Å². The van der Waals surface area contributed by atoms with E-state index in [4.69, 9.17) is 8.83 Å². The lowest BCUT2D eigenvalue weighted by Crippen LogP contribution is -2.29. The van der Waals surface area contributed by atoms with Gasteiger partial charge in [0, 0.05) is 49.1 Å². The van der Waals surface area contributed by atoms with Gasteiger partial charge in [0.15, 0.2) is 5.58 Å². The first-order valence-corrected chi connectivity index (χ1v) is 21.0. The number of hydrogen-bond acceptors (Lipinski definition) is 4. The number of furan rings is 2. The third-order valence-corrected chi connectivity index (χ3v) is 13.5. The molecule has 0 amide bonds. The number of anilines is 2. The van der Waals surface area contributed by atoms with Crippen molar-refractivity contribution in [1.29, 1.82) is 0 Å². The molecule has 3 aliphatic rings. The van der Waals surface area contributed by atoms with Crippen LogP contribution in [0.1, 0.15) is 24.3 Å². The second kappa shape index (κ2) is 13.4. The van der Waals surface area contributed by atoms with E-state index in [0.717, 1.165) is 79.2 Å². The van der Waals surface area contributed by atoms with Gasteiger partial charge in [0.2, 0.25) is 0 Å². The van der Waals surface area contributed by atoms with Crippen molar-refractivity contribution in [3.63, 3.8) is 0 Å². The number of para-hydroxylation sites is 3. The molecule has 1 aliphatic heterocycles. The van der Waals surface area contributed by atoms with Gasteiger partial charge in [0.05, 0.1) is 16.8 Å². The van der Waals surface area contributed by atoms with E-state index in [0.29, 0.717) is 0 Å². The standard InChI is InChI=1S/C54H37NO2S/c1-4-16-34(17-5-1)37-31-33-48-50(43-26-14-24-39(54(43)58-48)36-20-8-3-9-21-36)51(37)55(45-27-15-25-41-40-22-10-12-28-46(40)56-52(41)45)44-32-30-38(35-18-6-2-7-19-35)53-49(44)42-23-11-13-29-47(42)57-53/h2-4,6-33,48,50H,1,5H2. The van der Waals surface area contributed by atoms with Crippen LogP contribution in [0.2, 0.25) is 0 Å². The van der Waals surface area contributed by atoms with E-state index in [1.54, 1.807) is 0 Å². The van der Waals surface area contributed by atoms with Crippen LogP contribution in [0.3, 0.4) is 0 Å². The summed E-state index contributed by atoms with van der Waals surface area (Å²) in [6, 6.07) is 56.5. The van der Waals surface area contributed by atoms with Crippen LogP contribution in [0.5, 0.6) is 0 Å². The number of nitrogens with zero attached hydrogens (tertiary/aromatic N) is 1. The average molecular weight is 764 g/mol. The molecule has 0 saturated heterocycles. The van der Waals surface area contributed by atoms with Crippen LogP contribution in [0.25, 0.3) is 66.1 Å². The third kappa shape index (κ3) is 5.15. The maximum absolute atomic E-state index is 6.95. The zero-order valence-electron chi connectivity index (χ0n) is 31.6. The largest absolute Gasteiger partial charge is 0.455 e. The van der Waals surface area contributed by atoms with E-state index in [2.05, 4.69) is 193 Å². The zero-order chi connectivity index (χ0) is 38.2. The summed E-state index contributed by atoms with van der Waals surface area (Å²) in [6.07, 6.45) is 14.0. The molecule has 0 bridgehead atoms. The van der Waals surface area contributed by atoms with Gasteiger partial charge in [-0.05, 0) is 71.0 Å². The Bertz CT molecular complexity index is 3220. The molecule has 0 spiro atoms. The predicted octanol–water partition coefficient (Wildman–Crippen LogP) is 15.3. The van der Waals surface area contributed by atoms with Crippen molar-refractivity contribution in [2.45, 2.75) is 28.9 Å². The molecule has 9 aromatic rings. The summed E-state index contributed by atoms with van der Waals surface area (Å²) >= 11 is 1.99. The van der Waals surface area contributed by atoms with Gasteiger partial charge >= 0.3 is 0 Å². The smallest absolute Gasteiger partial charge is 0.159 e. The molecule has 2 aliphatic carbocycles. The quantitative estimate of drug-likeness (QED) is 0.169. The van der Waals surface area contributed by atoms with Crippen molar-refractivity contribution in [3.05, 3.63) is 211 Å². The zero-order valence-corrected chi connectivity index (χ0v) is 32.5. The molecule has 276 valence electrons. The van der Waals surface area contributed by atoms with Crippen molar-refractivity contribution in [3.8, 4) is 22.3 Å². The molecule has 2 unspecified atom stereocenters. The van der Waals surface area contributed by atoms with Crippen LogP contribution in [0.4, 0.5) is 11.4 Å².